The molecule has 2 heterocycles. The van der Waals surface area contributed by atoms with Gasteiger partial charge < -0.3 is 19.7 Å². The van der Waals surface area contributed by atoms with Gasteiger partial charge in [0.25, 0.3) is 5.91 Å². The number of carbonyl (C=O) groups excluding carboxylic acids is 1. The van der Waals surface area contributed by atoms with Gasteiger partial charge in [-0.25, -0.2) is 0 Å². The molecule has 0 aromatic heterocycles. The van der Waals surface area contributed by atoms with Gasteiger partial charge in [0.05, 0.1) is 12.7 Å². The zero-order chi connectivity index (χ0) is 19.3. The van der Waals surface area contributed by atoms with Crippen LogP contribution in [0.2, 0.25) is 0 Å². The Kier molecular flexibility index (Phi) is 4.18. The molecule has 1 saturated carbocycles. The lowest BCUT2D eigenvalue weighted by Crippen LogP contribution is -2.47. The van der Waals surface area contributed by atoms with Crippen molar-refractivity contribution < 1.29 is 14.3 Å². The zero-order valence-electron chi connectivity index (χ0n) is 16.4. The molecule has 1 fully saturated rings. The number of anilines is 1. The Labute approximate surface area is 165 Å². The monoisotopic (exact) mass is 378 g/mol. The van der Waals surface area contributed by atoms with E-state index in [-0.39, 0.29) is 24.2 Å². The molecule has 1 N–H and O–H groups in total. The van der Waals surface area contributed by atoms with Gasteiger partial charge in [-0.05, 0) is 44.0 Å². The number of benzene rings is 2. The highest BCUT2D eigenvalue weighted by Crippen LogP contribution is 2.44. The number of ether oxygens (including phenoxy) is 2. The summed E-state index contributed by atoms with van der Waals surface area (Å²) in [7, 11) is 1.70. The summed E-state index contributed by atoms with van der Waals surface area (Å²) >= 11 is 0. The van der Waals surface area contributed by atoms with Crippen LogP contribution in [0.25, 0.3) is 0 Å². The third-order valence-corrected chi connectivity index (χ3v) is 6.22. The van der Waals surface area contributed by atoms with Crippen LogP contribution in [0.1, 0.15) is 60.3 Å². The molecule has 2 aromatic rings. The number of fused-ring (bicyclic) bond motifs is 2. The molecule has 0 spiro atoms. The van der Waals surface area contributed by atoms with E-state index in [1.807, 2.05) is 29.2 Å². The van der Waals surface area contributed by atoms with Crippen LogP contribution in [0.15, 0.2) is 36.4 Å². The van der Waals surface area contributed by atoms with Gasteiger partial charge in [-0.15, -0.1) is 0 Å². The van der Waals surface area contributed by atoms with E-state index in [2.05, 4.69) is 24.4 Å². The minimum absolute atomic E-state index is 0.100. The molecule has 28 heavy (non-hydrogen) atoms. The van der Waals surface area contributed by atoms with Crippen LogP contribution in [0.5, 0.6) is 11.5 Å². The Morgan fingerprint density at radius 3 is 2.75 bits per heavy atom. The van der Waals surface area contributed by atoms with E-state index in [9.17, 15) is 4.79 Å². The molecule has 5 heteroatoms. The number of rotatable bonds is 3. The lowest BCUT2D eigenvalue weighted by molar-refractivity contribution is 0.0582. The van der Waals surface area contributed by atoms with E-state index >= 15 is 0 Å². The maximum absolute atomic E-state index is 13.5. The summed E-state index contributed by atoms with van der Waals surface area (Å²) in [4.78, 5) is 15.5. The van der Waals surface area contributed by atoms with Gasteiger partial charge in [0, 0.05) is 29.3 Å². The summed E-state index contributed by atoms with van der Waals surface area (Å²) < 4.78 is 11.8. The predicted octanol–water partition coefficient (Wildman–Crippen LogP) is 4.53. The summed E-state index contributed by atoms with van der Waals surface area (Å²) in [5.74, 6) is 1.81. The van der Waals surface area contributed by atoms with Crippen LogP contribution in [0.4, 0.5) is 5.69 Å². The minimum Gasteiger partial charge on any atom is -0.496 e. The van der Waals surface area contributed by atoms with Crippen molar-refractivity contribution in [1.82, 2.24) is 4.90 Å². The number of nitrogens with one attached hydrogen (secondary N) is 1. The third-order valence-electron chi connectivity index (χ3n) is 6.22. The number of methoxy groups -OCH3 is 1. The molecule has 5 nitrogen and oxygen atoms in total. The fourth-order valence-electron chi connectivity index (χ4n) is 4.90. The van der Waals surface area contributed by atoms with E-state index < -0.39 is 0 Å². The van der Waals surface area contributed by atoms with Gasteiger partial charge in [0.1, 0.15) is 23.8 Å². The molecule has 1 aliphatic carbocycles. The first-order valence-corrected chi connectivity index (χ1v) is 10.2. The fourth-order valence-corrected chi connectivity index (χ4v) is 4.90. The van der Waals surface area contributed by atoms with E-state index in [1.165, 1.54) is 18.4 Å². The molecule has 2 atom stereocenters. The Hall–Kier alpha value is -2.69. The first-order chi connectivity index (χ1) is 13.7. The summed E-state index contributed by atoms with van der Waals surface area (Å²) in [6.07, 6.45) is 5.24. The van der Waals surface area contributed by atoms with Crippen molar-refractivity contribution in [2.24, 2.45) is 0 Å². The average molecular weight is 378 g/mol. The Morgan fingerprint density at radius 1 is 1.18 bits per heavy atom. The van der Waals surface area contributed by atoms with Crippen LogP contribution in [-0.4, -0.2) is 30.1 Å². The molecule has 0 bridgehead atoms. The maximum Gasteiger partial charge on any atom is 0.258 e. The molecule has 2 aliphatic heterocycles. The van der Waals surface area contributed by atoms with Crippen LogP contribution in [0.3, 0.4) is 0 Å². The van der Waals surface area contributed by atoms with Crippen LogP contribution in [-0.2, 0) is 6.42 Å². The highest BCUT2D eigenvalue weighted by atomic mass is 16.5. The number of nitrogens with zero attached hydrogens (tertiary/aromatic N) is 1. The normalized spacial score (nSPS) is 23.8. The molecule has 0 saturated heterocycles. The lowest BCUT2D eigenvalue weighted by Gasteiger charge is -2.42. The van der Waals surface area contributed by atoms with Crippen LogP contribution >= 0.6 is 0 Å². The van der Waals surface area contributed by atoms with Gasteiger partial charge in [0.2, 0.25) is 0 Å². The highest BCUT2D eigenvalue weighted by Gasteiger charge is 2.40. The standard InChI is InChI=1S/C23H26N2O3/c1-14-11-15-12-21(27-2)18(13-20(15)28-14)22-24-19-10-6-5-9-17(19)23(26)25(22)16-7-3-4-8-16/h5-6,9-10,12-14,16,22,24H,3-4,7-8,11H2,1-2H3/t14-,22+/m1/s1. The van der Waals surface area contributed by atoms with Crippen LogP contribution in [0, 0.1) is 0 Å². The molecule has 5 rings (SSSR count). The second-order valence-corrected chi connectivity index (χ2v) is 8.08. The number of hydrogen-bond donors (Lipinski definition) is 1. The summed E-state index contributed by atoms with van der Waals surface area (Å²) in [5, 5.41) is 3.62. The smallest absolute Gasteiger partial charge is 0.258 e. The van der Waals surface area contributed by atoms with Crippen molar-refractivity contribution in [3.05, 3.63) is 53.1 Å². The first kappa shape index (κ1) is 17.4. The molecule has 0 unspecified atom stereocenters. The Bertz CT molecular complexity index is 920. The molecule has 3 aliphatic rings. The van der Waals surface area contributed by atoms with E-state index in [1.54, 1.807) is 7.11 Å². The predicted molar refractivity (Wildman–Crippen MR) is 108 cm³/mol. The molecule has 2 aromatic carbocycles. The molecular weight excluding hydrogens is 352 g/mol. The topological polar surface area (TPSA) is 50.8 Å². The van der Waals surface area contributed by atoms with E-state index in [0.717, 1.165) is 47.6 Å². The van der Waals surface area contributed by atoms with Gasteiger partial charge in [-0.2, -0.15) is 0 Å². The number of para-hydroxylation sites is 1. The van der Waals surface area contributed by atoms with E-state index in [0.29, 0.717) is 0 Å². The Morgan fingerprint density at radius 2 is 1.96 bits per heavy atom. The quantitative estimate of drug-likeness (QED) is 0.853. The molecule has 1 amide bonds. The second-order valence-electron chi connectivity index (χ2n) is 8.08. The number of amides is 1. The molecular formula is C23H26N2O3. The number of hydrogen-bond acceptors (Lipinski definition) is 4. The SMILES string of the molecule is COc1cc2c(cc1[C@H]1Nc3ccccc3C(=O)N1C1CCCC1)O[C@H](C)C2. The first-order valence-electron chi connectivity index (χ1n) is 10.2. The summed E-state index contributed by atoms with van der Waals surface area (Å²) in [6, 6.07) is 12.2. The summed E-state index contributed by atoms with van der Waals surface area (Å²) in [5.41, 5.74) is 3.76. The zero-order valence-corrected chi connectivity index (χ0v) is 16.4. The van der Waals surface area contributed by atoms with Crippen molar-refractivity contribution in [1.29, 1.82) is 0 Å². The highest BCUT2D eigenvalue weighted by molar-refractivity contribution is 6.02. The van der Waals surface area contributed by atoms with Gasteiger partial charge in [0.15, 0.2) is 0 Å². The van der Waals surface area contributed by atoms with Gasteiger partial charge >= 0.3 is 0 Å². The van der Waals surface area contributed by atoms with E-state index in [4.69, 9.17) is 9.47 Å². The van der Waals surface area contributed by atoms with Gasteiger partial charge in [-0.1, -0.05) is 25.0 Å². The lowest BCUT2D eigenvalue weighted by atomic mass is 9.98. The van der Waals surface area contributed by atoms with Gasteiger partial charge in [-0.3, -0.25) is 4.79 Å². The van der Waals surface area contributed by atoms with Crippen LogP contribution < -0.4 is 14.8 Å². The minimum atomic E-state index is -0.259. The average Bonchev–Trinajstić information content (AvgIpc) is 3.35. The third kappa shape index (κ3) is 2.72. The molecule has 146 valence electrons. The fraction of sp³-hybridized carbons (Fsp3) is 0.435. The number of carbonyl (C=O) groups is 1. The Balaban J connectivity index is 1.63. The van der Waals surface area contributed by atoms with Crippen molar-refractivity contribution >= 4 is 11.6 Å². The summed E-state index contributed by atoms with van der Waals surface area (Å²) in [6.45, 7) is 2.08. The second kappa shape index (κ2) is 6.73. The molecule has 0 radical (unpaired) electrons. The largest absolute Gasteiger partial charge is 0.496 e. The van der Waals surface area contributed by atoms with Crippen molar-refractivity contribution in [3.8, 4) is 11.5 Å². The van der Waals surface area contributed by atoms with Crippen molar-refractivity contribution in [3.63, 3.8) is 0 Å². The van der Waals surface area contributed by atoms with Crippen molar-refractivity contribution in [2.45, 2.75) is 57.3 Å². The van der Waals surface area contributed by atoms with Crippen molar-refractivity contribution in [2.75, 3.05) is 12.4 Å². The maximum atomic E-state index is 13.5.